The van der Waals surface area contributed by atoms with E-state index in [0.29, 0.717) is 46.8 Å². The molecule has 2 aliphatic rings. The van der Waals surface area contributed by atoms with Gasteiger partial charge in [0.2, 0.25) is 0 Å². The Hall–Kier alpha value is -3.01. The Morgan fingerprint density at radius 3 is 2.55 bits per heavy atom. The molecule has 0 spiro atoms. The van der Waals surface area contributed by atoms with Crippen LogP contribution in [0.1, 0.15) is 70.7 Å². The number of aromatic nitrogens is 1. The van der Waals surface area contributed by atoms with Crippen molar-refractivity contribution in [2.75, 3.05) is 25.1 Å². The number of amides is 1. The number of hydrogen-bond donors (Lipinski definition) is 4. The van der Waals surface area contributed by atoms with E-state index in [1.54, 1.807) is 31.5 Å². The number of aliphatic imine (C=N–C) groups is 2. The zero-order valence-electron chi connectivity index (χ0n) is 23.5. The summed E-state index contributed by atoms with van der Waals surface area (Å²) in [5, 5.41) is 0. The van der Waals surface area contributed by atoms with E-state index < -0.39 is 5.91 Å². The molecule has 0 radical (unpaired) electrons. The third-order valence-electron chi connectivity index (χ3n) is 7.98. The number of ether oxygens (including phenoxy) is 1. The molecule has 1 aromatic heterocycles. The van der Waals surface area contributed by atoms with Gasteiger partial charge in [-0.15, -0.1) is 12.6 Å². The number of rotatable bonds is 11. The highest BCUT2D eigenvalue weighted by Crippen LogP contribution is 2.48. The van der Waals surface area contributed by atoms with E-state index in [1.807, 2.05) is 6.92 Å². The molecule has 1 aliphatic carbocycles. The fraction of sp³-hybridized carbons (Fsp3) is 0.571. The molecule has 3 rings (SSSR count). The summed E-state index contributed by atoms with van der Waals surface area (Å²) in [6.45, 7) is 11.7. The molecular weight excluding hydrogens is 498 g/mol. The average Bonchev–Trinajstić information content (AvgIpc) is 3.58. The number of primary amides is 1. The van der Waals surface area contributed by atoms with Gasteiger partial charge in [-0.3, -0.25) is 9.79 Å². The van der Waals surface area contributed by atoms with Gasteiger partial charge < -0.3 is 26.8 Å². The number of hydrogen-bond acceptors (Lipinski definition) is 9. The van der Waals surface area contributed by atoms with E-state index in [1.165, 1.54) is 12.8 Å². The van der Waals surface area contributed by atoms with Crippen LogP contribution in [-0.2, 0) is 4.74 Å². The summed E-state index contributed by atoms with van der Waals surface area (Å²) in [6, 6.07) is 3.35. The van der Waals surface area contributed by atoms with Crippen molar-refractivity contribution in [3.63, 3.8) is 0 Å². The predicted molar refractivity (Wildman–Crippen MR) is 159 cm³/mol. The first kappa shape index (κ1) is 29.5. The highest BCUT2D eigenvalue weighted by molar-refractivity contribution is 7.85. The molecule has 2 unspecified atom stereocenters. The third-order valence-corrected chi connectivity index (χ3v) is 8.57. The molecule has 38 heavy (non-hydrogen) atoms. The quantitative estimate of drug-likeness (QED) is 0.186. The van der Waals surface area contributed by atoms with Gasteiger partial charge in [-0.1, -0.05) is 13.8 Å². The first-order valence-electron chi connectivity index (χ1n) is 13.2. The van der Waals surface area contributed by atoms with Crippen molar-refractivity contribution in [3.8, 4) is 0 Å². The van der Waals surface area contributed by atoms with E-state index in [0.717, 1.165) is 18.6 Å². The molecule has 10 heteroatoms. The van der Waals surface area contributed by atoms with Gasteiger partial charge in [-0.25, -0.2) is 9.98 Å². The number of nitrogens with two attached hydrogens (primary N) is 3. The van der Waals surface area contributed by atoms with Gasteiger partial charge in [-0.2, -0.15) is 0 Å². The van der Waals surface area contributed by atoms with Crippen LogP contribution in [0.3, 0.4) is 0 Å². The minimum absolute atomic E-state index is 0.101. The van der Waals surface area contributed by atoms with Gasteiger partial charge in [-0.05, 0) is 64.5 Å². The van der Waals surface area contributed by atoms with Gasteiger partial charge >= 0.3 is 0 Å². The Morgan fingerprint density at radius 2 is 2.00 bits per heavy atom. The van der Waals surface area contributed by atoms with E-state index in [2.05, 4.69) is 55.2 Å². The van der Waals surface area contributed by atoms with Gasteiger partial charge in [0, 0.05) is 53.4 Å². The molecule has 6 N–H and O–H groups in total. The largest absolute Gasteiger partial charge is 0.479 e. The summed E-state index contributed by atoms with van der Waals surface area (Å²) in [4.78, 5) is 28.9. The van der Waals surface area contributed by atoms with Crippen molar-refractivity contribution in [1.29, 1.82) is 0 Å². The lowest BCUT2D eigenvalue weighted by molar-refractivity contribution is 0.100. The molecule has 1 aromatic rings. The monoisotopic (exact) mass is 541 g/mol. The lowest BCUT2D eigenvalue weighted by atomic mass is 9.84. The summed E-state index contributed by atoms with van der Waals surface area (Å²) in [6.07, 6.45) is 7.51. The van der Waals surface area contributed by atoms with Gasteiger partial charge in [0.25, 0.3) is 5.91 Å². The number of thiol groups is 1. The zero-order valence-corrected chi connectivity index (χ0v) is 24.4. The molecule has 1 saturated carbocycles. The molecule has 2 heterocycles. The highest BCUT2D eigenvalue weighted by Gasteiger charge is 2.44. The molecule has 208 valence electrons. The molecule has 9 nitrogen and oxygen atoms in total. The fourth-order valence-corrected chi connectivity index (χ4v) is 5.42. The van der Waals surface area contributed by atoms with Crippen molar-refractivity contribution in [1.82, 2.24) is 4.98 Å². The van der Waals surface area contributed by atoms with Crippen LogP contribution >= 0.6 is 12.6 Å². The van der Waals surface area contributed by atoms with E-state index >= 15 is 0 Å². The Balaban J connectivity index is 1.83. The third kappa shape index (κ3) is 6.70. The van der Waals surface area contributed by atoms with Crippen molar-refractivity contribution in [3.05, 3.63) is 40.3 Å². The summed E-state index contributed by atoms with van der Waals surface area (Å²) >= 11 is 4.60. The number of carbonyl (C=O) groups excluding carboxylic acids is 1. The van der Waals surface area contributed by atoms with Crippen LogP contribution in [0.25, 0.3) is 0 Å². The Labute approximate surface area is 232 Å². The second kappa shape index (κ2) is 11.8. The van der Waals surface area contributed by atoms with E-state index in [-0.39, 0.29) is 22.8 Å². The van der Waals surface area contributed by atoms with E-state index in [4.69, 9.17) is 26.9 Å². The second-order valence-electron chi connectivity index (χ2n) is 11.2. The van der Waals surface area contributed by atoms with Crippen LogP contribution in [0.2, 0.25) is 0 Å². The topological polar surface area (TPSA) is 145 Å². The SMILES string of the molecule is CCC1(COC(N)=CC=Nc2ccc(C(N)=O)c(N3CC(C(C)C(=NC)C(S)=C(C)N)CC3(C)C)n2)CC1. The first-order valence-corrected chi connectivity index (χ1v) is 13.6. The Morgan fingerprint density at radius 1 is 1.32 bits per heavy atom. The maximum absolute atomic E-state index is 12.3. The minimum Gasteiger partial charge on any atom is -0.479 e. The van der Waals surface area contributed by atoms with Crippen LogP contribution < -0.4 is 22.1 Å². The molecule has 2 fully saturated rings. The predicted octanol–water partition coefficient (Wildman–Crippen LogP) is 4.32. The van der Waals surface area contributed by atoms with Crippen molar-refractivity contribution >= 4 is 42.1 Å². The molecule has 0 aromatic carbocycles. The lowest BCUT2D eigenvalue weighted by Crippen LogP contribution is -2.40. The summed E-state index contributed by atoms with van der Waals surface area (Å²) < 4.78 is 5.71. The summed E-state index contributed by atoms with van der Waals surface area (Å²) in [5.74, 6) is 1.09. The maximum Gasteiger partial charge on any atom is 0.252 e. The first-order chi connectivity index (χ1) is 17.8. The molecule has 1 saturated heterocycles. The summed E-state index contributed by atoms with van der Waals surface area (Å²) in [5.41, 5.74) is 19.6. The smallest absolute Gasteiger partial charge is 0.252 e. The van der Waals surface area contributed by atoms with Gasteiger partial charge in [0.05, 0.1) is 17.9 Å². The van der Waals surface area contributed by atoms with Crippen LogP contribution in [-0.4, -0.2) is 48.6 Å². The lowest BCUT2D eigenvalue weighted by Gasteiger charge is -2.33. The standard InChI is InChI=1S/C28H43N7O2S/c1-7-28(11-12-28)16-37-21(30)10-13-33-22-9-8-20(25(31)36)26(34-22)35-15-19(14-27(35,4)5)17(2)23(32-6)24(38)18(3)29/h8-10,13,17,19,38H,7,11-12,14-16,29-30H2,1-6H3,(H2,31,36). The van der Waals surface area contributed by atoms with E-state index in [9.17, 15) is 4.79 Å². The highest BCUT2D eigenvalue weighted by atomic mass is 32.1. The van der Waals surface area contributed by atoms with Crippen molar-refractivity contribution < 1.29 is 9.53 Å². The molecule has 1 amide bonds. The fourth-order valence-electron chi connectivity index (χ4n) is 5.11. The maximum atomic E-state index is 12.3. The Kier molecular flexibility index (Phi) is 9.17. The van der Waals surface area contributed by atoms with Crippen LogP contribution in [0.15, 0.2) is 44.7 Å². The molecule has 2 atom stereocenters. The van der Waals surface area contributed by atoms with Crippen LogP contribution in [0.5, 0.6) is 0 Å². The van der Waals surface area contributed by atoms with Gasteiger partial charge in [0.15, 0.2) is 11.7 Å². The van der Waals surface area contributed by atoms with Crippen molar-refractivity contribution in [2.24, 2.45) is 44.4 Å². The number of pyridine rings is 1. The number of carbonyl (C=O) groups is 1. The number of anilines is 1. The number of nitrogens with zero attached hydrogens (tertiary/aromatic N) is 4. The zero-order chi connectivity index (χ0) is 28.3. The molecular formula is C28H43N7O2S. The number of allylic oxidation sites excluding steroid dienone is 3. The normalized spacial score (nSPS) is 22.4. The van der Waals surface area contributed by atoms with Crippen LogP contribution in [0, 0.1) is 17.3 Å². The minimum atomic E-state index is -0.534. The average molecular weight is 542 g/mol. The Bertz CT molecular complexity index is 1160. The summed E-state index contributed by atoms with van der Waals surface area (Å²) in [7, 11) is 1.76. The molecule has 0 bridgehead atoms. The van der Waals surface area contributed by atoms with Gasteiger partial charge in [0.1, 0.15) is 5.82 Å². The molecule has 1 aliphatic heterocycles. The van der Waals surface area contributed by atoms with Crippen LogP contribution in [0.4, 0.5) is 11.6 Å². The van der Waals surface area contributed by atoms with Crippen molar-refractivity contribution in [2.45, 2.75) is 65.8 Å². The second-order valence-corrected chi connectivity index (χ2v) is 11.7.